The van der Waals surface area contributed by atoms with Crippen molar-refractivity contribution in [2.75, 3.05) is 13.1 Å². The van der Waals surface area contributed by atoms with Crippen molar-refractivity contribution in [3.05, 3.63) is 0 Å². The molecule has 0 heterocycles. The summed E-state index contributed by atoms with van der Waals surface area (Å²) in [5, 5.41) is 3.62. The first-order valence-corrected chi connectivity index (χ1v) is 6.97. The molecule has 0 spiro atoms. The normalized spacial score (nSPS) is 18.8. The van der Waals surface area contributed by atoms with E-state index in [4.69, 9.17) is 0 Å². The third-order valence-corrected chi connectivity index (χ3v) is 3.82. The molecule has 90 valence electrons. The van der Waals surface area contributed by atoms with E-state index >= 15 is 0 Å². The molecule has 1 heteroatoms. The molecule has 0 aromatic carbocycles. The maximum atomic E-state index is 3.62. The van der Waals surface area contributed by atoms with E-state index in [1.165, 1.54) is 70.9 Å². The van der Waals surface area contributed by atoms with E-state index in [1.807, 2.05) is 0 Å². The molecule has 1 rings (SSSR count). The molecule has 1 saturated carbocycles. The molecule has 0 amide bonds. The zero-order valence-corrected chi connectivity index (χ0v) is 10.8. The number of hydrogen-bond acceptors (Lipinski definition) is 1. The fourth-order valence-electron chi connectivity index (χ4n) is 2.38. The van der Waals surface area contributed by atoms with Gasteiger partial charge in [0, 0.05) is 6.54 Å². The molecule has 0 bridgehead atoms. The average Bonchev–Trinajstić information content (AvgIpc) is 2.19. The predicted octanol–water partition coefficient (Wildman–Crippen LogP) is 4.13. The molecule has 0 unspecified atom stereocenters. The third kappa shape index (κ3) is 5.55. The Balaban J connectivity index is 1.77. The van der Waals surface area contributed by atoms with Gasteiger partial charge in [0.05, 0.1) is 0 Å². The van der Waals surface area contributed by atoms with E-state index in [0.29, 0.717) is 5.41 Å². The van der Waals surface area contributed by atoms with Crippen LogP contribution in [0.25, 0.3) is 0 Å². The SMILES string of the molecule is CCCCCCCCNCC1(C)CCC1. The van der Waals surface area contributed by atoms with Gasteiger partial charge in [-0.3, -0.25) is 0 Å². The quantitative estimate of drug-likeness (QED) is 0.566. The summed E-state index contributed by atoms with van der Waals surface area (Å²) in [6.07, 6.45) is 12.8. The summed E-state index contributed by atoms with van der Waals surface area (Å²) in [5.41, 5.74) is 0.655. The van der Waals surface area contributed by atoms with Gasteiger partial charge in [0.2, 0.25) is 0 Å². The largest absolute Gasteiger partial charge is 0.316 e. The van der Waals surface area contributed by atoms with Gasteiger partial charge in [-0.15, -0.1) is 0 Å². The molecule has 1 nitrogen and oxygen atoms in total. The van der Waals surface area contributed by atoms with Crippen molar-refractivity contribution in [1.29, 1.82) is 0 Å². The van der Waals surface area contributed by atoms with Crippen LogP contribution in [0, 0.1) is 5.41 Å². The van der Waals surface area contributed by atoms with Crippen LogP contribution in [0.5, 0.6) is 0 Å². The molecule has 1 aliphatic rings. The first-order chi connectivity index (χ1) is 7.27. The predicted molar refractivity (Wildman–Crippen MR) is 68.2 cm³/mol. The molecule has 1 N–H and O–H groups in total. The highest BCUT2D eigenvalue weighted by Gasteiger charge is 2.30. The van der Waals surface area contributed by atoms with Crippen LogP contribution in [0.4, 0.5) is 0 Å². The second-order valence-electron chi connectivity index (χ2n) is 5.61. The first-order valence-electron chi connectivity index (χ1n) is 6.97. The Labute approximate surface area is 96.0 Å². The van der Waals surface area contributed by atoms with Gasteiger partial charge in [-0.05, 0) is 31.2 Å². The van der Waals surface area contributed by atoms with Crippen molar-refractivity contribution in [3.8, 4) is 0 Å². The highest BCUT2D eigenvalue weighted by atomic mass is 14.9. The fraction of sp³-hybridized carbons (Fsp3) is 1.00. The number of nitrogens with one attached hydrogen (secondary N) is 1. The summed E-state index contributed by atoms with van der Waals surface area (Å²) in [6, 6.07) is 0. The van der Waals surface area contributed by atoms with Crippen LogP contribution < -0.4 is 5.32 Å². The molecule has 0 aromatic rings. The van der Waals surface area contributed by atoms with E-state index in [0.717, 1.165) is 0 Å². The Hall–Kier alpha value is -0.0400. The molecule has 0 saturated heterocycles. The van der Waals surface area contributed by atoms with E-state index in [9.17, 15) is 0 Å². The topological polar surface area (TPSA) is 12.0 Å². The van der Waals surface area contributed by atoms with Crippen molar-refractivity contribution in [2.24, 2.45) is 5.41 Å². The van der Waals surface area contributed by atoms with Crippen LogP contribution in [0.2, 0.25) is 0 Å². The summed E-state index contributed by atoms with van der Waals surface area (Å²) in [7, 11) is 0. The van der Waals surface area contributed by atoms with E-state index in [2.05, 4.69) is 19.2 Å². The molecule has 1 fully saturated rings. The van der Waals surface area contributed by atoms with E-state index < -0.39 is 0 Å². The summed E-state index contributed by atoms with van der Waals surface area (Å²) in [4.78, 5) is 0. The molecule has 1 aliphatic carbocycles. The molecular weight excluding hydrogens is 182 g/mol. The van der Waals surface area contributed by atoms with Crippen molar-refractivity contribution in [3.63, 3.8) is 0 Å². The smallest absolute Gasteiger partial charge is 0.000516 e. The maximum Gasteiger partial charge on any atom is 0.000516 e. The van der Waals surface area contributed by atoms with Gasteiger partial charge >= 0.3 is 0 Å². The lowest BCUT2D eigenvalue weighted by Gasteiger charge is -2.38. The lowest BCUT2D eigenvalue weighted by molar-refractivity contribution is 0.157. The van der Waals surface area contributed by atoms with Gasteiger partial charge in [0.1, 0.15) is 0 Å². The standard InChI is InChI=1S/C14H29N/c1-3-4-5-6-7-8-12-15-13-14(2)10-9-11-14/h15H,3-13H2,1-2H3. The van der Waals surface area contributed by atoms with Crippen molar-refractivity contribution < 1.29 is 0 Å². The van der Waals surface area contributed by atoms with Gasteiger partial charge in [-0.25, -0.2) is 0 Å². The van der Waals surface area contributed by atoms with Crippen molar-refractivity contribution >= 4 is 0 Å². The van der Waals surface area contributed by atoms with Gasteiger partial charge in [0.25, 0.3) is 0 Å². The molecule has 0 radical (unpaired) electrons. The molecular formula is C14H29N. The van der Waals surface area contributed by atoms with Crippen LogP contribution in [0.3, 0.4) is 0 Å². The maximum absolute atomic E-state index is 3.62. The number of unbranched alkanes of at least 4 members (excludes halogenated alkanes) is 5. The van der Waals surface area contributed by atoms with Crippen molar-refractivity contribution in [1.82, 2.24) is 5.32 Å². The number of hydrogen-bond donors (Lipinski definition) is 1. The van der Waals surface area contributed by atoms with E-state index in [-0.39, 0.29) is 0 Å². The summed E-state index contributed by atoms with van der Waals surface area (Å²) in [6.45, 7) is 7.19. The van der Waals surface area contributed by atoms with Crippen molar-refractivity contribution in [2.45, 2.75) is 71.6 Å². The fourth-order valence-corrected chi connectivity index (χ4v) is 2.38. The summed E-state index contributed by atoms with van der Waals surface area (Å²) in [5.74, 6) is 0. The van der Waals surface area contributed by atoms with Gasteiger partial charge in [0.15, 0.2) is 0 Å². The van der Waals surface area contributed by atoms with E-state index in [1.54, 1.807) is 0 Å². The summed E-state index contributed by atoms with van der Waals surface area (Å²) >= 11 is 0. The lowest BCUT2D eigenvalue weighted by atomic mass is 9.70. The van der Waals surface area contributed by atoms with Crippen LogP contribution in [-0.2, 0) is 0 Å². The minimum absolute atomic E-state index is 0.655. The van der Waals surface area contributed by atoms with Crippen LogP contribution in [-0.4, -0.2) is 13.1 Å². The first kappa shape index (κ1) is 13.0. The Bertz CT molecular complexity index is 149. The molecule has 0 aliphatic heterocycles. The molecule has 0 atom stereocenters. The van der Waals surface area contributed by atoms with Gasteiger partial charge in [-0.1, -0.05) is 52.4 Å². The minimum Gasteiger partial charge on any atom is -0.316 e. The second kappa shape index (κ2) is 7.27. The number of rotatable bonds is 9. The Morgan fingerprint density at radius 3 is 2.27 bits per heavy atom. The molecule has 15 heavy (non-hydrogen) atoms. The summed E-state index contributed by atoms with van der Waals surface area (Å²) < 4.78 is 0. The Kier molecular flexibility index (Phi) is 6.31. The van der Waals surface area contributed by atoms with Gasteiger partial charge < -0.3 is 5.32 Å². The third-order valence-electron chi connectivity index (χ3n) is 3.82. The zero-order valence-electron chi connectivity index (χ0n) is 10.8. The Morgan fingerprint density at radius 1 is 1.00 bits per heavy atom. The Morgan fingerprint density at radius 2 is 1.67 bits per heavy atom. The monoisotopic (exact) mass is 211 g/mol. The highest BCUT2D eigenvalue weighted by Crippen LogP contribution is 2.39. The second-order valence-corrected chi connectivity index (χ2v) is 5.61. The lowest BCUT2D eigenvalue weighted by Crippen LogP contribution is -2.37. The highest BCUT2D eigenvalue weighted by molar-refractivity contribution is 4.84. The van der Waals surface area contributed by atoms with Crippen LogP contribution >= 0.6 is 0 Å². The molecule has 0 aromatic heterocycles. The zero-order chi connectivity index (χ0) is 11.0. The average molecular weight is 211 g/mol. The minimum atomic E-state index is 0.655. The van der Waals surface area contributed by atoms with Crippen LogP contribution in [0.1, 0.15) is 71.6 Å². The van der Waals surface area contributed by atoms with Gasteiger partial charge in [-0.2, -0.15) is 0 Å². The van der Waals surface area contributed by atoms with Crippen LogP contribution in [0.15, 0.2) is 0 Å².